The first-order valence-electron chi connectivity index (χ1n) is 7.96. The molecule has 0 radical (unpaired) electrons. The van der Waals surface area contributed by atoms with Crippen LogP contribution in [-0.4, -0.2) is 25.1 Å². The highest BCUT2D eigenvalue weighted by molar-refractivity contribution is 6.14. The number of amides is 1. The number of ether oxygens (including phenoxy) is 3. The molecule has 4 rings (SSSR count). The highest BCUT2D eigenvalue weighted by atomic mass is 16.7. The molecule has 0 saturated carbocycles. The molecule has 6 nitrogen and oxygen atoms in total. The highest BCUT2D eigenvalue weighted by Crippen LogP contribution is 2.33. The van der Waals surface area contributed by atoms with Gasteiger partial charge in [-0.25, -0.2) is 4.99 Å². The van der Waals surface area contributed by atoms with E-state index in [2.05, 4.69) is 10.3 Å². The SMILES string of the molecule is O=C1NC(CCOc2ccccc2)=N/C1=C/c1ccc2c(c1)OCO2. The standard InChI is InChI=1S/C19H16N2O4/c22-19-15(10-13-6-7-16-17(11-13)25-12-24-16)20-18(21-19)8-9-23-14-4-2-1-3-5-14/h1-7,10-11H,8-9,12H2,(H,20,21,22)/b15-10+. The first kappa shape index (κ1) is 15.3. The second kappa shape index (κ2) is 6.68. The van der Waals surface area contributed by atoms with Crippen LogP contribution in [0.25, 0.3) is 6.08 Å². The number of fused-ring (bicyclic) bond motifs is 1. The Labute approximate surface area is 144 Å². The average Bonchev–Trinajstić information content (AvgIpc) is 3.22. The van der Waals surface area contributed by atoms with Gasteiger partial charge in [0.25, 0.3) is 5.91 Å². The molecule has 0 fully saturated rings. The lowest BCUT2D eigenvalue weighted by Gasteiger charge is -2.05. The van der Waals surface area contributed by atoms with Gasteiger partial charge in [0.1, 0.15) is 17.3 Å². The van der Waals surface area contributed by atoms with E-state index < -0.39 is 0 Å². The van der Waals surface area contributed by atoms with E-state index in [0.29, 0.717) is 36.1 Å². The van der Waals surface area contributed by atoms with Gasteiger partial charge in [-0.15, -0.1) is 0 Å². The molecule has 0 bridgehead atoms. The van der Waals surface area contributed by atoms with Crippen LogP contribution < -0.4 is 19.5 Å². The predicted octanol–water partition coefficient (Wildman–Crippen LogP) is 2.75. The van der Waals surface area contributed by atoms with Crippen LogP contribution in [0.2, 0.25) is 0 Å². The summed E-state index contributed by atoms with van der Waals surface area (Å²) < 4.78 is 16.2. The molecule has 25 heavy (non-hydrogen) atoms. The zero-order chi connectivity index (χ0) is 17.1. The van der Waals surface area contributed by atoms with Gasteiger partial charge >= 0.3 is 0 Å². The number of aliphatic imine (C=N–C) groups is 1. The molecule has 2 aromatic carbocycles. The first-order valence-corrected chi connectivity index (χ1v) is 7.96. The lowest BCUT2D eigenvalue weighted by Crippen LogP contribution is -2.25. The number of carbonyl (C=O) groups excluding carboxylic acids is 1. The summed E-state index contributed by atoms with van der Waals surface area (Å²) in [6.07, 6.45) is 2.25. The molecule has 0 aromatic heterocycles. The zero-order valence-corrected chi connectivity index (χ0v) is 13.4. The van der Waals surface area contributed by atoms with Crippen molar-refractivity contribution in [2.45, 2.75) is 6.42 Å². The van der Waals surface area contributed by atoms with Gasteiger partial charge in [0.2, 0.25) is 6.79 Å². The van der Waals surface area contributed by atoms with Gasteiger partial charge < -0.3 is 19.5 Å². The molecule has 2 aliphatic rings. The number of para-hydroxylation sites is 1. The lowest BCUT2D eigenvalue weighted by atomic mass is 10.1. The van der Waals surface area contributed by atoms with E-state index in [1.807, 2.05) is 48.5 Å². The van der Waals surface area contributed by atoms with Crippen molar-refractivity contribution < 1.29 is 19.0 Å². The summed E-state index contributed by atoms with van der Waals surface area (Å²) >= 11 is 0. The Hall–Kier alpha value is -3.28. The van der Waals surface area contributed by atoms with Crippen molar-refractivity contribution in [3.63, 3.8) is 0 Å². The molecule has 0 saturated heterocycles. The Morgan fingerprint density at radius 1 is 1.12 bits per heavy atom. The van der Waals surface area contributed by atoms with Crippen molar-refractivity contribution in [3.05, 3.63) is 59.8 Å². The van der Waals surface area contributed by atoms with Crippen molar-refractivity contribution in [1.82, 2.24) is 5.32 Å². The van der Waals surface area contributed by atoms with E-state index in [9.17, 15) is 4.79 Å². The molecule has 1 N–H and O–H groups in total. The van der Waals surface area contributed by atoms with E-state index in [0.717, 1.165) is 11.3 Å². The molecule has 126 valence electrons. The fourth-order valence-electron chi connectivity index (χ4n) is 2.58. The van der Waals surface area contributed by atoms with E-state index in [4.69, 9.17) is 14.2 Å². The van der Waals surface area contributed by atoms with E-state index >= 15 is 0 Å². The molecule has 0 spiro atoms. The maximum absolute atomic E-state index is 12.1. The van der Waals surface area contributed by atoms with Gasteiger partial charge in [-0.1, -0.05) is 24.3 Å². The Kier molecular flexibility index (Phi) is 4.08. The van der Waals surface area contributed by atoms with Crippen LogP contribution in [-0.2, 0) is 4.79 Å². The van der Waals surface area contributed by atoms with Gasteiger partial charge in [0.15, 0.2) is 11.5 Å². The molecule has 0 atom stereocenters. The van der Waals surface area contributed by atoms with Gasteiger partial charge in [0.05, 0.1) is 6.61 Å². The Balaban J connectivity index is 1.41. The summed E-state index contributed by atoms with van der Waals surface area (Å²) in [6, 6.07) is 15.0. The third-order valence-corrected chi connectivity index (χ3v) is 3.80. The van der Waals surface area contributed by atoms with Crippen LogP contribution in [0.15, 0.2) is 59.2 Å². The Bertz CT molecular complexity index is 859. The normalized spacial score (nSPS) is 16.7. The Morgan fingerprint density at radius 3 is 2.84 bits per heavy atom. The van der Waals surface area contributed by atoms with E-state index in [1.54, 1.807) is 6.08 Å². The van der Waals surface area contributed by atoms with Crippen molar-refractivity contribution in [2.75, 3.05) is 13.4 Å². The summed E-state index contributed by atoms with van der Waals surface area (Å²) in [5, 5.41) is 2.77. The fourth-order valence-corrected chi connectivity index (χ4v) is 2.58. The average molecular weight is 336 g/mol. The fraction of sp³-hybridized carbons (Fsp3) is 0.158. The summed E-state index contributed by atoms with van der Waals surface area (Å²) in [6.45, 7) is 0.667. The second-order valence-electron chi connectivity index (χ2n) is 5.57. The smallest absolute Gasteiger partial charge is 0.275 e. The number of rotatable bonds is 5. The van der Waals surface area contributed by atoms with Crippen molar-refractivity contribution in [1.29, 1.82) is 0 Å². The zero-order valence-electron chi connectivity index (χ0n) is 13.4. The second-order valence-corrected chi connectivity index (χ2v) is 5.57. The monoisotopic (exact) mass is 336 g/mol. The quantitative estimate of drug-likeness (QED) is 0.853. The molecule has 1 amide bonds. The maximum Gasteiger partial charge on any atom is 0.275 e. The molecule has 0 unspecified atom stereocenters. The largest absolute Gasteiger partial charge is 0.493 e. The number of nitrogens with one attached hydrogen (secondary N) is 1. The van der Waals surface area contributed by atoms with Crippen molar-refractivity contribution in [3.8, 4) is 17.2 Å². The summed E-state index contributed by atoms with van der Waals surface area (Å²) in [5.41, 5.74) is 1.20. The van der Waals surface area contributed by atoms with Crippen LogP contribution in [0.1, 0.15) is 12.0 Å². The minimum Gasteiger partial charge on any atom is -0.493 e. The van der Waals surface area contributed by atoms with Crippen LogP contribution in [0.4, 0.5) is 0 Å². The number of nitrogens with zero attached hydrogens (tertiary/aromatic N) is 1. The number of benzene rings is 2. The third-order valence-electron chi connectivity index (χ3n) is 3.80. The van der Waals surface area contributed by atoms with E-state index in [1.165, 1.54) is 0 Å². The minimum absolute atomic E-state index is 0.215. The van der Waals surface area contributed by atoms with Crippen LogP contribution in [0, 0.1) is 0 Å². The molecule has 6 heteroatoms. The van der Waals surface area contributed by atoms with Crippen molar-refractivity contribution >= 4 is 17.8 Å². The number of carbonyl (C=O) groups is 1. The number of amidine groups is 1. The van der Waals surface area contributed by atoms with E-state index in [-0.39, 0.29) is 12.7 Å². The topological polar surface area (TPSA) is 69.2 Å². The van der Waals surface area contributed by atoms with Gasteiger partial charge in [0, 0.05) is 6.42 Å². The maximum atomic E-state index is 12.1. The number of hydrogen-bond donors (Lipinski definition) is 1. The molecule has 2 aliphatic heterocycles. The summed E-state index contributed by atoms with van der Waals surface area (Å²) in [7, 11) is 0. The highest BCUT2D eigenvalue weighted by Gasteiger charge is 2.20. The van der Waals surface area contributed by atoms with Crippen LogP contribution in [0.3, 0.4) is 0 Å². The van der Waals surface area contributed by atoms with Gasteiger partial charge in [-0.2, -0.15) is 0 Å². The van der Waals surface area contributed by atoms with Crippen LogP contribution in [0.5, 0.6) is 17.2 Å². The van der Waals surface area contributed by atoms with Crippen LogP contribution >= 0.6 is 0 Å². The minimum atomic E-state index is -0.215. The van der Waals surface area contributed by atoms with Gasteiger partial charge in [-0.3, -0.25) is 4.79 Å². The number of hydrogen-bond acceptors (Lipinski definition) is 5. The molecule has 2 aromatic rings. The summed E-state index contributed by atoms with van der Waals surface area (Å²) in [5.74, 6) is 2.57. The lowest BCUT2D eigenvalue weighted by molar-refractivity contribution is -0.115. The first-order chi connectivity index (χ1) is 12.3. The molecular weight excluding hydrogens is 320 g/mol. The predicted molar refractivity (Wildman–Crippen MR) is 92.7 cm³/mol. The van der Waals surface area contributed by atoms with Gasteiger partial charge in [-0.05, 0) is 35.9 Å². The molecule has 2 heterocycles. The summed E-state index contributed by atoms with van der Waals surface area (Å²) in [4.78, 5) is 16.4. The Morgan fingerprint density at radius 2 is 1.96 bits per heavy atom. The molecular formula is C19H16N2O4. The third kappa shape index (κ3) is 3.47. The van der Waals surface area contributed by atoms with Crippen molar-refractivity contribution in [2.24, 2.45) is 4.99 Å². The molecule has 0 aliphatic carbocycles.